The Hall–Kier alpha value is -3.12. The first-order valence-corrected chi connectivity index (χ1v) is 7.80. The molecule has 2 aliphatic heterocycles. The molecule has 2 N–H and O–H groups in total. The van der Waals surface area contributed by atoms with Crippen molar-refractivity contribution in [1.29, 1.82) is 0 Å². The molecule has 0 saturated carbocycles. The van der Waals surface area contributed by atoms with Gasteiger partial charge < -0.3 is 19.9 Å². The molecule has 0 unspecified atom stereocenters. The van der Waals surface area contributed by atoms with Crippen LogP contribution in [0.3, 0.4) is 0 Å². The third kappa shape index (κ3) is 2.66. The Morgan fingerprint density at radius 3 is 2.88 bits per heavy atom. The van der Waals surface area contributed by atoms with Gasteiger partial charge in [-0.05, 0) is 29.8 Å². The number of aliphatic hydroxyl groups is 1. The van der Waals surface area contributed by atoms with Crippen molar-refractivity contribution in [2.45, 2.75) is 12.0 Å². The van der Waals surface area contributed by atoms with Crippen molar-refractivity contribution < 1.29 is 24.2 Å². The molecule has 4 rings (SSSR count). The molecule has 0 spiro atoms. The van der Waals surface area contributed by atoms with Crippen LogP contribution in [-0.2, 0) is 15.2 Å². The number of allylic oxidation sites excluding steroid dienone is 1. The highest BCUT2D eigenvalue weighted by atomic mass is 16.7. The number of ether oxygens (including phenoxy) is 2. The topological polar surface area (TPSA) is 84.9 Å². The third-order valence-electron chi connectivity index (χ3n) is 4.28. The molecule has 0 saturated heterocycles. The summed E-state index contributed by atoms with van der Waals surface area (Å²) in [6.07, 6.45) is 2.65. The molecule has 25 heavy (non-hydrogen) atoms. The Bertz CT molecular complexity index is 904. The van der Waals surface area contributed by atoms with Crippen LogP contribution in [0.4, 0.5) is 5.69 Å². The highest BCUT2D eigenvalue weighted by Crippen LogP contribution is 2.38. The van der Waals surface area contributed by atoms with E-state index in [9.17, 15) is 14.7 Å². The van der Waals surface area contributed by atoms with E-state index in [0.29, 0.717) is 22.7 Å². The molecule has 2 aromatic rings. The fourth-order valence-corrected chi connectivity index (χ4v) is 2.99. The summed E-state index contributed by atoms with van der Waals surface area (Å²) in [5, 5.41) is 13.3. The highest BCUT2D eigenvalue weighted by molar-refractivity contribution is 6.08. The standard InChI is InChI=1S/C19H15NO5/c21-13(7-5-12-6-8-16-17(9-12)25-11-24-16)10-19(23)14-3-1-2-4-15(14)20-18(19)22/h1-9,23H,10-11H2,(H,20,22)/t19-/m0/s1. The number of benzene rings is 2. The fourth-order valence-electron chi connectivity index (χ4n) is 2.99. The van der Waals surface area contributed by atoms with Gasteiger partial charge in [0.25, 0.3) is 5.91 Å². The number of ketones is 1. The molecule has 1 atom stereocenters. The Morgan fingerprint density at radius 1 is 1.20 bits per heavy atom. The van der Waals surface area contributed by atoms with Gasteiger partial charge in [-0.1, -0.05) is 30.3 Å². The fraction of sp³-hybridized carbons (Fsp3) is 0.158. The van der Waals surface area contributed by atoms with Gasteiger partial charge in [-0.25, -0.2) is 0 Å². The maximum Gasteiger partial charge on any atom is 0.261 e. The first-order valence-electron chi connectivity index (χ1n) is 7.80. The van der Waals surface area contributed by atoms with Crippen molar-refractivity contribution in [1.82, 2.24) is 0 Å². The molecule has 0 aliphatic carbocycles. The van der Waals surface area contributed by atoms with E-state index in [4.69, 9.17) is 9.47 Å². The number of hydrogen-bond donors (Lipinski definition) is 2. The third-order valence-corrected chi connectivity index (χ3v) is 4.28. The average Bonchev–Trinajstić information content (AvgIpc) is 3.16. The Balaban J connectivity index is 1.51. The summed E-state index contributed by atoms with van der Waals surface area (Å²) in [5.41, 5.74) is -0.124. The van der Waals surface area contributed by atoms with Gasteiger partial charge in [-0.3, -0.25) is 9.59 Å². The normalized spacial score (nSPS) is 20.6. The van der Waals surface area contributed by atoms with Gasteiger partial charge >= 0.3 is 0 Å². The van der Waals surface area contributed by atoms with E-state index in [0.717, 1.165) is 5.56 Å². The van der Waals surface area contributed by atoms with Crippen LogP contribution in [0.2, 0.25) is 0 Å². The zero-order valence-electron chi connectivity index (χ0n) is 13.2. The summed E-state index contributed by atoms with van der Waals surface area (Å²) in [7, 11) is 0. The lowest BCUT2D eigenvalue weighted by Crippen LogP contribution is -2.36. The molecule has 2 aliphatic rings. The molecular formula is C19H15NO5. The van der Waals surface area contributed by atoms with Crippen LogP contribution >= 0.6 is 0 Å². The number of amides is 1. The minimum Gasteiger partial charge on any atom is -0.454 e. The predicted molar refractivity (Wildman–Crippen MR) is 90.2 cm³/mol. The highest BCUT2D eigenvalue weighted by Gasteiger charge is 2.46. The number of nitrogens with one attached hydrogen (secondary N) is 1. The van der Waals surface area contributed by atoms with Crippen LogP contribution in [-0.4, -0.2) is 23.6 Å². The van der Waals surface area contributed by atoms with Crippen LogP contribution in [0.25, 0.3) is 6.08 Å². The maximum atomic E-state index is 12.3. The van der Waals surface area contributed by atoms with Gasteiger partial charge in [0.2, 0.25) is 6.79 Å². The summed E-state index contributed by atoms with van der Waals surface area (Å²) < 4.78 is 10.5. The average molecular weight is 337 g/mol. The van der Waals surface area contributed by atoms with E-state index in [1.165, 1.54) is 6.08 Å². The molecule has 0 bridgehead atoms. The van der Waals surface area contributed by atoms with Crippen LogP contribution in [0.1, 0.15) is 17.5 Å². The predicted octanol–water partition coefficient (Wildman–Crippen LogP) is 2.23. The minimum atomic E-state index is -1.84. The first kappa shape index (κ1) is 15.4. The number of rotatable bonds is 4. The number of fused-ring (bicyclic) bond motifs is 2. The Kier molecular flexibility index (Phi) is 3.54. The van der Waals surface area contributed by atoms with Crippen molar-refractivity contribution in [3.8, 4) is 11.5 Å². The molecule has 0 radical (unpaired) electrons. The quantitative estimate of drug-likeness (QED) is 0.836. The second-order valence-corrected chi connectivity index (χ2v) is 5.95. The van der Waals surface area contributed by atoms with Crippen LogP contribution < -0.4 is 14.8 Å². The summed E-state index contributed by atoms with van der Waals surface area (Å²) in [6, 6.07) is 12.1. The lowest BCUT2D eigenvalue weighted by Gasteiger charge is -2.18. The van der Waals surface area contributed by atoms with Gasteiger partial charge in [0.15, 0.2) is 22.9 Å². The Morgan fingerprint density at radius 2 is 2.00 bits per heavy atom. The van der Waals surface area contributed by atoms with E-state index in [-0.39, 0.29) is 19.0 Å². The molecule has 0 aromatic heterocycles. The summed E-state index contributed by atoms with van der Waals surface area (Å²) >= 11 is 0. The largest absolute Gasteiger partial charge is 0.454 e. The van der Waals surface area contributed by atoms with E-state index in [2.05, 4.69) is 5.32 Å². The second-order valence-electron chi connectivity index (χ2n) is 5.95. The smallest absolute Gasteiger partial charge is 0.261 e. The SMILES string of the molecule is O=C(C=Cc1ccc2c(c1)OCO2)C[C@@]1(O)C(=O)Nc2ccccc21. The van der Waals surface area contributed by atoms with E-state index < -0.39 is 11.5 Å². The van der Waals surface area contributed by atoms with Crippen LogP contribution in [0, 0.1) is 0 Å². The molecule has 2 aromatic carbocycles. The van der Waals surface area contributed by atoms with E-state index >= 15 is 0 Å². The lowest BCUT2D eigenvalue weighted by atomic mass is 9.90. The molecule has 126 valence electrons. The second kappa shape index (κ2) is 5.75. The molecular weight excluding hydrogens is 322 g/mol. The summed E-state index contributed by atoms with van der Waals surface area (Å²) in [5.74, 6) is 0.347. The number of anilines is 1. The van der Waals surface area contributed by atoms with Crippen molar-refractivity contribution >= 4 is 23.5 Å². The van der Waals surface area contributed by atoms with E-state index in [1.807, 2.05) is 0 Å². The molecule has 0 fully saturated rings. The zero-order valence-corrected chi connectivity index (χ0v) is 13.2. The van der Waals surface area contributed by atoms with Crippen molar-refractivity contribution in [2.75, 3.05) is 12.1 Å². The molecule has 1 amide bonds. The molecule has 2 heterocycles. The molecule has 6 nitrogen and oxygen atoms in total. The van der Waals surface area contributed by atoms with Gasteiger partial charge in [0.05, 0.1) is 6.42 Å². The minimum absolute atomic E-state index is 0.184. The maximum absolute atomic E-state index is 12.3. The number of carbonyl (C=O) groups is 2. The monoisotopic (exact) mass is 337 g/mol. The van der Waals surface area contributed by atoms with Gasteiger partial charge in [0.1, 0.15) is 0 Å². The van der Waals surface area contributed by atoms with Crippen LogP contribution in [0.15, 0.2) is 48.5 Å². The van der Waals surface area contributed by atoms with E-state index in [1.54, 1.807) is 48.5 Å². The van der Waals surface area contributed by atoms with Gasteiger partial charge in [-0.2, -0.15) is 0 Å². The zero-order chi connectivity index (χ0) is 17.4. The number of para-hydroxylation sites is 1. The van der Waals surface area contributed by atoms with Crippen molar-refractivity contribution in [3.63, 3.8) is 0 Å². The van der Waals surface area contributed by atoms with Gasteiger partial charge in [0, 0.05) is 11.3 Å². The molecule has 6 heteroatoms. The lowest BCUT2D eigenvalue weighted by molar-refractivity contribution is -0.138. The Labute approximate surface area is 143 Å². The summed E-state index contributed by atoms with van der Waals surface area (Å²) in [4.78, 5) is 24.4. The van der Waals surface area contributed by atoms with Gasteiger partial charge in [-0.15, -0.1) is 0 Å². The number of hydrogen-bond acceptors (Lipinski definition) is 5. The number of carbonyl (C=O) groups excluding carboxylic acids is 2. The van der Waals surface area contributed by atoms with Crippen molar-refractivity contribution in [3.05, 3.63) is 59.7 Å². The van der Waals surface area contributed by atoms with Crippen LogP contribution in [0.5, 0.6) is 11.5 Å². The summed E-state index contributed by atoms with van der Waals surface area (Å²) in [6.45, 7) is 0.184. The van der Waals surface area contributed by atoms with Crippen molar-refractivity contribution in [2.24, 2.45) is 0 Å². The first-order chi connectivity index (χ1) is 12.1.